The Bertz CT molecular complexity index is 395. The number of carbonyl (C=O) groups is 1. The molecule has 0 heterocycles. The second-order valence-corrected chi connectivity index (χ2v) is 5.88. The van der Waals surface area contributed by atoms with Crippen molar-refractivity contribution in [3.8, 4) is 0 Å². The van der Waals surface area contributed by atoms with Crippen LogP contribution in [0.1, 0.15) is 31.2 Å². The molecule has 2 rings (SSSR count). The van der Waals surface area contributed by atoms with E-state index in [9.17, 15) is 9.90 Å². The van der Waals surface area contributed by atoms with Gasteiger partial charge < -0.3 is 5.11 Å². The zero-order valence-corrected chi connectivity index (χ0v) is 10.2. The Labute approximate surface area is 100 Å². The van der Waals surface area contributed by atoms with Crippen molar-refractivity contribution in [2.75, 3.05) is 0 Å². The number of hydrogen-bond donors (Lipinski definition) is 1. The standard InChI is InChI=1S/C13H16O2S/c1-10-5-4-6-11(9-10)16-13(12(14)15)7-2-3-8-13/h4-6,9H,2-3,7-8H2,1H3,(H,14,15). The van der Waals surface area contributed by atoms with E-state index in [1.54, 1.807) is 0 Å². The van der Waals surface area contributed by atoms with E-state index in [2.05, 4.69) is 6.07 Å². The third kappa shape index (κ3) is 2.24. The van der Waals surface area contributed by atoms with E-state index in [0.29, 0.717) is 0 Å². The van der Waals surface area contributed by atoms with Crippen LogP contribution in [0.5, 0.6) is 0 Å². The van der Waals surface area contributed by atoms with Gasteiger partial charge in [0.1, 0.15) is 4.75 Å². The van der Waals surface area contributed by atoms with E-state index in [1.807, 2.05) is 25.1 Å². The number of carboxylic acid groups (broad SMARTS) is 1. The molecule has 16 heavy (non-hydrogen) atoms. The monoisotopic (exact) mass is 236 g/mol. The van der Waals surface area contributed by atoms with Gasteiger partial charge in [-0.2, -0.15) is 0 Å². The predicted molar refractivity (Wildman–Crippen MR) is 65.9 cm³/mol. The van der Waals surface area contributed by atoms with E-state index < -0.39 is 10.7 Å². The van der Waals surface area contributed by atoms with Crippen molar-refractivity contribution >= 4 is 17.7 Å². The van der Waals surface area contributed by atoms with Gasteiger partial charge in [0.25, 0.3) is 0 Å². The molecule has 0 radical (unpaired) electrons. The molecule has 0 bridgehead atoms. The lowest BCUT2D eigenvalue weighted by molar-refractivity contribution is -0.139. The minimum absolute atomic E-state index is 0.576. The second kappa shape index (κ2) is 4.50. The van der Waals surface area contributed by atoms with Crippen LogP contribution in [0, 0.1) is 6.92 Å². The van der Waals surface area contributed by atoms with Gasteiger partial charge in [-0.25, -0.2) is 0 Å². The maximum Gasteiger partial charge on any atom is 0.320 e. The maximum absolute atomic E-state index is 11.4. The summed E-state index contributed by atoms with van der Waals surface area (Å²) in [5.74, 6) is -0.656. The van der Waals surface area contributed by atoms with E-state index in [0.717, 1.165) is 30.6 Å². The van der Waals surface area contributed by atoms with Crippen LogP contribution in [-0.2, 0) is 4.79 Å². The highest BCUT2D eigenvalue weighted by Gasteiger charge is 2.42. The van der Waals surface area contributed by atoms with Crippen LogP contribution in [0.3, 0.4) is 0 Å². The number of aryl methyl sites for hydroxylation is 1. The normalized spacial score (nSPS) is 18.6. The fourth-order valence-corrected chi connectivity index (χ4v) is 3.63. The Balaban J connectivity index is 2.21. The number of thioether (sulfide) groups is 1. The molecule has 1 aliphatic rings. The smallest absolute Gasteiger partial charge is 0.320 e. The summed E-state index contributed by atoms with van der Waals surface area (Å²) < 4.78 is -0.576. The topological polar surface area (TPSA) is 37.3 Å². The van der Waals surface area contributed by atoms with Crippen molar-refractivity contribution in [2.45, 2.75) is 42.2 Å². The van der Waals surface area contributed by atoms with E-state index in [4.69, 9.17) is 0 Å². The number of hydrogen-bond acceptors (Lipinski definition) is 2. The third-order valence-electron chi connectivity index (χ3n) is 3.10. The van der Waals surface area contributed by atoms with Crippen molar-refractivity contribution in [1.82, 2.24) is 0 Å². The Morgan fingerprint density at radius 2 is 2.06 bits per heavy atom. The van der Waals surface area contributed by atoms with Gasteiger partial charge in [0.2, 0.25) is 0 Å². The van der Waals surface area contributed by atoms with Crippen molar-refractivity contribution < 1.29 is 9.90 Å². The quantitative estimate of drug-likeness (QED) is 0.873. The summed E-state index contributed by atoms with van der Waals surface area (Å²) in [7, 11) is 0. The van der Waals surface area contributed by atoms with Gasteiger partial charge in [-0.05, 0) is 31.9 Å². The molecule has 0 amide bonds. The molecule has 1 N–H and O–H groups in total. The van der Waals surface area contributed by atoms with Gasteiger partial charge in [-0.15, -0.1) is 11.8 Å². The highest BCUT2D eigenvalue weighted by atomic mass is 32.2. The van der Waals surface area contributed by atoms with Gasteiger partial charge >= 0.3 is 5.97 Å². The first-order valence-electron chi connectivity index (χ1n) is 5.61. The molecule has 1 fully saturated rings. The van der Waals surface area contributed by atoms with Crippen LogP contribution in [-0.4, -0.2) is 15.8 Å². The van der Waals surface area contributed by atoms with Crippen LogP contribution in [0.4, 0.5) is 0 Å². The molecule has 0 aliphatic heterocycles. The molecule has 1 aromatic carbocycles. The van der Waals surface area contributed by atoms with Crippen molar-refractivity contribution in [3.63, 3.8) is 0 Å². The van der Waals surface area contributed by atoms with Crippen molar-refractivity contribution in [3.05, 3.63) is 29.8 Å². The molecule has 0 atom stereocenters. The summed E-state index contributed by atoms with van der Waals surface area (Å²) in [6.45, 7) is 2.03. The largest absolute Gasteiger partial charge is 0.480 e. The van der Waals surface area contributed by atoms with Crippen LogP contribution >= 0.6 is 11.8 Å². The van der Waals surface area contributed by atoms with Crippen molar-refractivity contribution in [1.29, 1.82) is 0 Å². The Hall–Kier alpha value is -0.960. The highest BCUT2D eigenvalue weighted by molar-refractivity contribution is 8.01. The van der Waals surface area contributed by atoms with Crippen molar-refractivity contribution in [2.24, 2.45) is 0 Å². The number of rotatable bonds is 3. The molecule has 2 nitrogen and oxygen atoms in total. The first-order valence-corrected chi connectivity index (χ1v) is 6.43. The van der Waals surface area contributed by atoms with Crippen LogP contribution in [0.15, 0.2) is 29.2 Å². The Morgan fingerprint density at radius 1 is 1.38 bits per heavy atom. The molecule has 1 aromatic rings. The Morgan fingerprint density at radius 3 is 2.62 bits per heavy atom. The number of aliphatic carboxylic acids is 1. The van der Waals surface area contributed by atoms with E-state index in [-0.39, 0.29) is 0 Å². The van der Waals surface area contributed by atoms with E-state index in [1.165, 1.54) is 17.3 Å². The van der Waals surface area contributed by atoms with Gasteiger partial charge in [-0.3, -0.25) is 4.79 Å². The SMILES string of the molecule is Cc1cccc(SC2(C(=O)O)CCCC2)c1. The fraction of sp³-hybridized carbons (Fsp3) is 0.462. The second-order valence-electron chi connectivity index (χ2n) is 4.43. The molecule has 0 unspecified atom stereocenters. The first kappa shape index (κ1) is 11.5. The van der Waals surface area contributed by atoms with Gasteiger partial charge in [0, 0.05) is 4.90 Å². The van der Waals surface area contributed by atoms with Crippen LogP contribution < -0.4 is 0 Å². The minimum Gasteiger partial charge on any atom is -0.480 e. The summed E-state index contributed by atoms with van der Waals surface area (Å²) in [5, 5.41) is 9.37. The molecule has 0 saturated heterocycles. The number of carboxylic acids is 1. The average Bonchev–Trinajstić information content (AvgIpc) is 2.67. The summed E-state index contributed by atoms with van der Waals surface area (Å²) in [6, 6.07) is 8.09. The molecule has 1 saturated carbocycles. The molecule has 1 aliphatic carbocycles. The molecule has 86 valence electrons. The van der Waals surface area contributed by atoms with Gasteiger partial charge in [-0.1, -0.05) is 30.5 Å². The fourth-order valence-electron chi connectivity index (χ4n) is 2.21. The van der Waals surface area contributed by atoms with Crippen LogP contribution in [0.25, 0.3) is 0 Å². The van der Waals surface area contributed by atoms with Gasteiger partial charge in [0.05, 0.1) is 0 Å². The summed E-state index contributed by atoms with van der Waals surface area (Å²) >= 11 is 1.52. The number of benzene rings is 1. The lowest BCUT2D eigenvalue weighted by atomic mass is 10.1. The zero-order chi connectivity index (χ0) is 11.6. The minimum atomic E-state index is -0.656. The maximum atomic E-state index is 11.4. The Kier molecular flexibility index (Phi) is 3.24. The lowest BCUT2D eigenvalue weighted by Gasteiger charge is -2.23. The predicted octanol–water partition coefficient (Wildman–Crippen LogP) is 3.48. The molecule has 0 spiro atoms. The summed E-state index contributed by atoms with van der Waals surface area (Å²) in [6.07, 6.45) is 3.65. The lowest BCUT2D eigenvalue weighted by Crippen LogP contribution is -2.31. The summed E-state index contributed by atoms with van der Waals surface area (Å²) in [5.41, 5.74) is 1.18. The zero-order valence-electron chi connectivity index (χ0n) is 9.40. The van der Waals surface area contributed by atoms with E-state index >= 15 is 0 Å². The molecule has 3 heteroatoms. The molecular formula is C13H16O2S. The highest BCUT2D eigenvalue weighted by Crippen LogP contribution is 2.45. The van der Waals surface area contributed by atoms with Crippen LogP contribution in [0.2, 0.25) is 0 Å². The third-order valence-corrected chi connectivity index (χ3v) is 4.57. The first-order chi connectivity index (χ1) is 7.62. The molecular weight excluding hydrogens is 220 g/mol. The average molecular weight is 236 g/mol. The molecule has 0 aromatic heterocycles. The summed E-state index contributed by atoms with van der Waals surface area (Å²) in [4.78, 5) is 12.5. The van der Waals surface area contributed by atoms with Gasteiger partial charge in [0.15, 0.2) is 0 Å².